The van der Waals surface area contributed by atoms with Crippen molar-refractivity contribution >= 4 is 34.2 Å². The molecule has 7 heteroatoms. The van der Waals surface area contributed by atoms with Gasteiger partial charge in [-0.1, -0.05) is 11.6 Å². The van der Waals surface area contributed by atoms with Gasteiger partial charge in [0.1, 0.15) is 11.6 Å². The topological polar surface area (TPSA) is 50.6 Å². The van der Waals surface area contributed by atoms with E-state index in [4.69, 9.17) is 21.3 Å². The number of aromatic nitrogens is 2. The summed E-state index contributed by atoms with van der Waals surface area (Å²) >= 11 is 6.62. The number of aryl methyl sites for hydroxylation is 1. The number of hydrogen-bond acceptors (Lipinski definition) is 4. The molecule has 168 valence electrons. The van der Waals surface area contributed by atoms with Gasteiger partial charge < -0.3 is 19.1 Å². The summed E-state index contributed by atoms with van der Waals surface area (Å²) < 4.78 is 7.42. The van der Waals surface area contributed by atoms with E-state index in [9.17, 15) is 4.79 Å². The lowest BCUT2D eigenvalue weighted by atomic mass is 9.95. The van der Waals surface area contributed by atoms with Crippen LogP contribution in [-0.4, -0.2) is 53.6 Å². The van der Waals surface area contributed by atoms with Gasteiger partial charge in [-0.05, 0) is 56.0 Å². The van der Waals surface area contributed by atoms with E-state index in [1.165, 1.54) is 0 Å². The van der Waals surface area contributed by atoms with Crippen LogP contribution in [0.3, 0.4) is 0 Å². The zero-order chi connectivity index (χ0) is 22.2. The van der Waals surface area contributed by atoms with Crippen molar-refractivity contribution in [3.63, 3.8) is 0 Å². The predicted octanol–water partition coefficient (Wildman–Crippen LogP) is 4.74. The monoisotopic (exact) mass is 452 g/mol. The smallest absolute Gasteiger partial charge is 0.225 e. The zero-order valence-corrected chi connectivity index (χ0v) is 19.4. The van der Waals surface area contributed by atoms with Crippen LogP contribution < -0.4 is 9.64 Å². The number of methoxy groups -OCH3 is 1. The third-order valence-corrected chi connectivity index (χ3v) is 7.24. The molecule has 2 aliphatic heterocycles. The van der Waals surface area contributed by atoms with E-state index in [-0.39, 0.29) is 5.92 Å². The molecule has 2 aliphatic rings. The van der Waals surface area contributed by atoms with Crippen LogP contribution in [0.15, 0.2) is 36.4 Å². The highest BCUT2D eigenvalue weighted by Gasteiger charge is 2.30. The summed E-state index contributed by atoms with van der Waals surface area (Å²) in [6.45, 7) is 3.63. The lowest BCUT2D eigenvalue weighted by molar-refractivity contribution is -0.135. The highest BCUT2D eigenvalue weighted by Crippen LogP contribution is 2.35. The summed E-state index contributed by atoms with van der Waals surface area (Å²) in [6, 6.07) is 12.1. The fraction of sp³-hybridized carbons (Fsp3) is 0.440. The SMILES string of the molecule is COc1ccc2c(c1)nc(-c1cc(N3CCC(C(=O)N4CCCC4)CC3)ccc1Cl)n2C. The van der Waals surface area contributed by atoms with Gasteiger partial charge in [-0.3, -0.25) is 4.79 Å². The van der Waals surface area contributed by atoms with Crippen LogP contribution in [0.4, 0.5) is 5.69 Å². The molecule has 2 saturated heterocycles. The van der Waals surface area contributed by atoms with Crippen LogP contribution in [0.1, 0.15) is 25.7 Å². The fourth-order valence-corrected chi connectivity index (χ4v) is 5.21. The first-order valence-electron chi connectivity index (χ1n) is 11.4. The zero-order valence-electron chi connectivity index (χ0n) is 18.7. The molecule has 0 unspecified atom stereocenters. The number of halogens is 1. The van der Waals surface area contributed by atoms with E-state index >= 15 is 0 Å². The first-order valence-corrected chi connectivity index (χ1v) is 11.8. The minimum absolute atomic E-state index is 0.158. The summed E-state index contributed by atoms with van der Waals surface area (Å²) in [5, 5.41) is 0.679. The van der Waals surface area contributed by atoms with Gasteiger partial charge in [0.25, 0.3) is 0 Å². The van der Waals surface area contributed by atoms with E-state index in [0.29, 0.717) is 10.9 Å². The molecule has 2 fully saturated rings. The molecule has 0 atom stereocenters. The van der Waals surface area contributed by atoms with Crippen LogP contribution in [0.2, 0.25) is 5.02 Å². The summed E-state index contributed by atoms with van der Waals surface area (Å²) in [5.74, 6) is 2.13. The molecule has 3 aromatic rings. The maximum atomic E-state index is 12.8. The van der Waals surface area contributed by atoms with Crippen LogP contribution in [0.25, 0.3) is 22.4 Å². The highest BCUT2D eigenvalue weighted by atomic mass is 35.5. The average molecular weight is 453 g/mol. The number of hydrogen-bond donors (Lipinski definition) is 0. The lowest BCUT2D eigenvalue weighted by Gasteiger charge is -2.34. The third-order valence-electron chi connectivity index (χ3n) is 6.91. The summed E-state index contributed by atoms with van der Waals surface area (Å²) in [5.41, 5.74) is 3.95. The number of likely N-dealkylation sites (tertiary alicyclic amines) is 1. The molecular formula is C25H29ClN4O2. The molecule has 0 saturated carbocycles. The van der Waals surface area contributed by atoms with E-state index in [1.54, 1.807) is 7.11 Å². The van der Waals surface area contributed by atoms with E-state index < -0.39 is 0 Å². The van der Waals surface area contributed by atoms with Gasteiger partial charge in [0.2, 0.25) is 5.91 Å². The van der Waals surface area contributed by atoms with Gasteiger partial charge in [0.15, 0.2) is 0 Å². The molecule has 0 spiro atoms. The van der Waals surface area contributed by atoms with Crippen LogP contribution >= 0.6 is 11.6 Å². The van der Waals surface area contributed by atoms with Crippen molar-refractivity contribution in [2.75, 3.05) is 38.2 Å². The van der Waals surface area contributed by atoms with E-state index in [2.05, 4.69) is 26.5 Å². The maximum absolute atomic E-state index is 12.8. The Morgan fingerprint density at radius 3 is 2.53 bits per heavy atom. The molecule has 6 nitrogen and oxygen atoms in total. The van der Waals surface area contributed by atoms with Crippen molar-refractivity contribution in [1.29, 1.82) is 0 Å². The first kappa shape index (κ1) is 21.1. The number of amides is 1. The van der Waals surface area contributed by atoms with Crippen molar-refractivity contribution in [2.24, 2.45) is 13.0 Å². The summed E-state index contributed by atoms with van der Waals surface area (Å²) in [7, 11) is 3.67. The van der Waals surface area contributed by atoms with Crippen molar-refractivity contribution in [2.45, 2.75) is 25.7 Å². The lowest BCUT2D eigenvalue weighted by Crippen LogP contribution is -2.41. The van der Waals surface area contributed by atoms with Crippen LogP contribution in [0, 0.1) is 5.92 Å². The molecule has 32 heavy (non-hydrogen) atoms. The first-order chi connectivity index (χ1) is 15.5. The minimum Gasteiger partial charge on any atom is -0.497 e. The second-order valence-electron chi connectivity index (χ2n) is 8.81. The third kappa shape index (κ3) is 3.81. The number of fused-ring (bicyclic) bond motifs is 1. The van der Waals surface area contributed by atoms with E-state index in [0.717, 1.165) is 85.7 Å². The number of rotatable bonds is 4. The largest absolute Gasteiger partial charge is 0.497 e. The number of imidazole rings is 1. The van der Waals surface area contributed by atoms with Crippen LogP contribution in [0.5, 0.6) is 5.75 Å². The van der Waals surface area contributed by atoms with Crippen molar-refractivity contribution in [3.05, 3.63) is 41.4 Å². The number of anilines is 1. The average Bonchev–Trinajstić information content (AvgIpc) is 3.47. The van der Waals surface area contributed by atoms with Gasteiger partial charge >= 0.3 is 0 Å². The Bertz CT molecular complexity index is 1140. The van der Waals surface area contributed by atoms with Crippen molar-refractivity contribution in [3.8, 4) is 17.1 Å². The Kier molecular flexibility index (Phi) is 5.72. The maximum Gasteiger partial charge on any atom is 0.225 e. The van der Waals surface area contributed by atoms with Gasteiger partial charge in [0, 0.05) is 56.5 Å². The Hall–Kier alpha value is -2.73. The Morgan fingerprint density at radius 1 is 1.06 bits per heavy atom. The predicted molar refractivity (Wildman–Crippen MR) is 128 cm³/mol. The fourth-order valence-electron chi connectivity index (χ4n) is 5.01. The quantitative estimate of drug-likeness (QED) is 0.573. The number of ether oxygens (including phenoxy) is 1. The van der Waals surface area contributed by atoms with Gasteiger partial charge in [-0.25, -0.2) is 4.98 Å². The highest BCUT2D eigenvalue weighted by molar-refractivity contribution is 6.33. The number of carbonyl (C=O) groups excluding carboxylic acids is 1. The van der Waals surface area contributed by atoms with Crippen molar-refractivity contribution < 1.29 is 9.53 Å². The minimum atomic E-state index is 0.158. The van der Waals surface area contributed by atoms with Crippen LogP contribution in [-0.2, 0) is 11.8 Å². The number of nitrogens with zero attached hydrogens (tertiary/aromatic N) is 4. The molecule has 0 N–H and O–H groups in total. The summed E-state index contributed by atoms with van der Waals surface area (Å²) in [6.07, 6.45) is 4.10. The Morgan fingerprint density at radius 2 is 1.81 bits per heavy atom. The summed E-state index contributed by atoms with van der Waals surface area (Å²) in [4.78, 5) is 22.0. The molecule has 3 heterocycles. The molecule has 0 radical (unpaired) electrons. The second kappa shape index (κ2) is 8.66. The molecule has 5 rings (SSSR count). The molecule has 1 amide bonds. The normalized spacial score (nSPS) is 17.3. The number of carbonyl (C=O) groups is 1. The molecular weight excluding hydrogens is 424 g/mol. The standard InChI is InChI=1S/C25H29ClN4O2/c1-28-23-8-6-19(32-2)16-22(23)27-24(28)20-15-18(5-7-21(20)26)29-13-9-17(10-14-29)25(31)30-11-3-4-12-30/h5-8,15-17H,3-4,9-14H2,1-2H3. The van der Waals surface area contributed by atoms with Gasteiger partial charge in [-0.15, -0.1) is 0 Å². The molecule has 1 aromatic heterocycles. The molecule has 0 bridgehead atoms. The van der Waals surface area contributed by atoms with Crippen molar-refractivity contribution in [1.82, 2.24) is 14.5 Å². The number of piperidine rings is 1. The number of benzene rings is 2. The molecule has 2 aromatic carbocycles. The van der Waals surface area contributed by atoms with E-state index in [1.807, 2.05) is 31.3 Å². The Labute approximate surface area is 193 Å². The van der Waals surface area contributed by atoms with Gasteiger partial charge in [0.05, 0.1) is 23.2 Å². The van der Waals surface area contributed by atoms with Gasteiger partial charge in [-0.2, -0.15) is 0 Å². The second-order valence-corrected chi connectivity index (χ2v) is 9.21. The molecule has 0 aliphatic carbocycles. The Balaban J connectivity index is 1.37.